The second kappa shape index (κ2) is 4.00. The highest BCUT2D eigenvalue weighted by Gasteiger charge is 2.11. The molecule has 1 aromatic carbocycles. The summed E-state index contributed by atoms with van der Waals surface area (Å²) in [6.45, 7) is 0.459. The number of carboxylic acids is 1. The molecule has 0 atom stereocenters. The van der Waals surface area contributed by atoms with Crippen LogP contribution in [0.15, 0.2) is 18.2 Å². The summed E-state index contributed by atoms with van der Waals surface area (Å²) in [7, 11) is 0. The summed E-state index contributed by atoms with van der Waals surface area (Å²) in [5, 5.41) is 8.67. The first kappa shape index (κ1) is 10.4. The van der Waals surface area contributed by atoms with E-state index in [-0.39, 0.29) is 16.9 Å². The van der Waals surface area contributed by atoms with E-state index in [2.05, 4.69) is 0 Å². The number of carboxylic acid groups (broad SMARTS) is 1. The molecule has 14 heavy (non-hydrogen) atoms. The molecule has 0 fully saturated rings. The number of alkyl halides is 1. The number of carbonyl (C=O) groups is 2. The van der Waals surface area contributed by atoms with Gasteiger partial charge in [-0.15, -0.1) is 0 Å². The van der Waals surface area contributed by atoms with Crippen LogP contribution in [-0.2, 0) is 6.67 Å². The van der Waals surface area contributed by atoms with Crippen LogP contribution in [0.1, 0.15) is 33.2 Å². The molecule has 74 valence electrons. The molecule has 0 unspecified atom stereocenters. The standard InChI is InChI=1S/C10H9FO3/c1-6(12)7-2-3-9(10(13)14)8(4-7)5-11/h2-4H,5H2,1H3,(H,13,14). The quantitative estimate of drug-likeness (QED) is 0.753. The Labute approximate surface area is 80.2 Å². The zero-order valence-corrected chi connectivity index (χ0v) is 7.58. The molecule has 1 N–H and O–H groups in total. The first-order valence-electron chi connectivity index (χ1n) is 3.99. The molecule has 0 saturated carbocycles. The van der Waals surface area contributed by atoms with Crippen molar-refractivity contribution in [1.82, 2.24) is 0 Å². The molecule has 4 heteroatoms. The summed E-state index contributed by atoms with van der Waals surface area (Å²) in [5.74, 6) is -1.40. The van der Waals surface area contributed by atoms with Crippen LogP contribution in [0.2, 0.25) is 0 Å². The van der Waals surface area contributed by atoms with Crippen molar-refractivity contribution >= 4 is 11.8 Å². The van der Waals surface area contributed by atoms with Gasteiger partial charge in [-0.1, -0.05) is 6.07 Å². The minimum absolute atomic E-state index is 0.0326. The van der Waals surface area contributed by atoms with Crippen molar-refractivity contribution in [3.05, 3.63) is 34.9 Å². The van der Waals surface area contributed by atoms with E-state index in [9.17, 15) is 14.0 Å². The third-order valence-corrected chi connectivity index (χ3v) is 1.89. The van der Waals surface area contributed by atoms with E-state index in [0.717, 1.165) is 0 Å². The van der Waals surface area contributed by atoms with Gasteiger partial charge in [0.05, 0.1) is 5.56 Å². The molecule has 0 heterocycles. The van der Waals surface area contributed by atoms with Gasteiger partial charge in [-0.05, 0) is 24.6 Å². The Bertz CT molecular complexity index is 385. The monoisotopic (exact) mass is 196 g/mol. The van der Waals surface area contributed by atoms with E-state index in [1.807, 2.05) is 0 Å². The van der Waals surface area contributed by atoms with E-state index >= 15 is 0 Å². The summed E-state index contributed by atoms with van der Waals surface area (Å²) in [6, 6.07) is 3.89. The van der Waals surface area contributed by atoms with Gasteiger partial charge in [0.2, 0.25) is 0 Å². The topological polar surface area (TPSA) is 54.4 Å². The second-order valence-corrected chi connectivity index (χ2v) is 2.87. The largest absolute Gasteiger partial charge is 0.478 e. The van der Waals surface area contributed by atoms with Crippen LogP contribution in [0.25, 0.3) is 0 Å². The Morgan fingerprint density at radius 2 is 2.07 bits per heavy atom. The van der Waals surface area contributed by atoms with E-state index in [4.69, 9.17) is 5.11 Å². The second-order valence-electron chi connectivity index (χ2n) is 2.87. The van der Waals surface area contributed by atoms with Gasteiger partial charge in [0.15, 0.2) is 5.78 Å². The van der Waals surface area contributed by atoms with Crippen LogP contribution in [0, 0.1) is 0 Å². The minimum atomic E-state index is -1.19. The summed E-state index contributed by atoms with van der Waals surface area (Å²) < 4.78 is 12.4. The molecule has 3 nitrogen and oxygen atoms in total. The Hall–Kier alpha value is -1.71. The van der Waals surface area contributed by atoms with Gasteiger partial charge in [-0.25, -0.2) is 9.18 Å². The predicted molar refractivity (Wildman–Crippen MR) is 48.2 cm³/mol. The fraction of sp³-hybridized carbons (Fsp3) is 0.200. The average Bonchev–Trinajstić information content (AvgIpc) is 2.16. The molecule has 0 saturated heterocycles. The van der Waals surface area contributed by atoms with Gasteiger partial charge in [0.25, 0.3) is 0 Å². The van der Waals surface area contributed by atoms with Gasteiger partial charge >= 0.3 is 5.97 Å². The van der Waals surface area contributed by atoms with Crippen molar-refractivity contribution < 1.29 is 19.1 Å². The van der Waals surface area contributed by atoms with Gasteiger partial charge in [0.1, 0.15) is 6.67 Å². The lowest BCUT2D eigenvalue weighted by molar-refractivity contribution is 0.0694. The lowest BCUT2D eigenvalue weighted by atomic mass is 10.0. The summed E-state index contributed by atoms with van der Waals surface area (Å²) in [6.07, 6.45) is 0. The number of aromatic carboxylic acids is 1. The maximum atomic E-state index is 12.4. The molecule has 0 amide bonds. The summed E-state index contributed by atoms with van der Waals surface area (Å²) in [5.41, 5.74) is 0.255. The summed E-state index contributed by atoms with van der Waals surface area (Å²) >= 11 is 0. The van der Waals surface area contributed by atoms with Crippen LogP contribution in [-0.4, -0.2) is 16.9 Å². The zero-order valence-electron chi connectivity index (χ0n) is 7.58. The van der Waals surface area contributed by atoms with E-state index in [1.165, 1.54) is 25.1 Å². The molecule has 0 aliphatic heterocycles. The third kappa shape index (κ3) is 1.96. The van der Waals surface area contributed by atoms with Crippen molar-refractivity contribution in [2.45, 2.75) is 13.6 Å². The van der Waals surface area contributed by atoms with Crippen LogP contribution in [0.3, 0.4) is 0 Å². The van der Waals surface area contributed by atoms with Gasteiger partial charge in [-0.2, -0.15) is 0 Å². The van der Waals surface area contributed by atoms with Crippen molar-refractivity contribution in [1.29, 1.82) is 0 Å². The van der Waals surface area contributed by atoms with E-state index in [0.29, 0.717) is 5.56 Å². The number of carbonyl (C=O) groups excluding carboxylic acids is 1. The smallest absolute Gasteiger partial charge is 0.336 e. The SMILES string of the molecule is CC(=O)c1ccc(C(=O)O)c(CF)c1. The molecule has 0 aromatic heterocycles. The lowest BCUT2D eigenvalue weighted by Crippen LogP contribution is -2.03. The fourth-order valence-corrected chi connectivity index (χ4v) is 1.13. The number of benzene rings is 1. The Balaban J connectivity index is 3.25. The molecule has 0 aliphatic rings. The highest BCUT2D eigenvalue weighted by molar-refractivity contribution is 5.96. The average molecular weight is 196 g/mol. The van der Waals surface area contributed by atoms with Crippen LogP contribution < -0.4 is 0 Å². The van der Waals surface area contributed by atoms with Crippen molar-refractivity contribution in [2.75, 3.05) is 0 Å². The van der Waals surface area contributed by atoms with E-state index < -0.39 is 12.6 Å². The van der Waals surface area contributed by atoms with Gasteiger partial charge in [-0.3, -0.25) is 4.79 Å². The van der Waals surface area contributed by atoms with Crippen LogP contribution in [0.4, 0.5) is 4.39 Å². The molecule has 0 radical (unpaired) electrons. The Morgan fingerprint density at radius 1 is 1.43 bits per heavy atom. The molecule has 1 rings (SSSR count). The molecular weight excluding hydrogens is 187 g/mol. The Kier molecular flexibility index (Phi) is 2.96. The molecular formula is C10H9FO3. The molecule has 1 aromatic rings. The first-order valence-corrected chi connectivity index (χ1v) is 3.99. The highest BCUT2D eigenvalue weighted by Crippen LogP contribution is 2.14. The maximum absolute atomic E-state index is 12.4. The zero-order chi connectivity index (χ0) is 10.7. The lowest BCUT2D eigenvalue weighted by Gasteiger charge is -2.03. The Morgan fingerprint density at radius 3 is 2.50 bits per heavy atom. The van der Waals surface area contributed by atoms with E-state index in [1.54, 1.807) is 0 Å². The number of halogens is 1. The number of ketones is 1. The van der Waals surface area contributed by atoms with Crippen LogP contribution >= 0.6 is 0 Å². The minimum Gasteiger partial charge on any atom is -0.478 e. The first-order chi connectivity index (χ1) is 6.56. The van der Waals surface area contributed by atoms with Crippen LogP contribution in [0.5, 0.6) is 0 Å². The number of Topliss-reactive ketones (excluding diaryl/α,β-unsaturated/α-hetero) is 1. The van der Waals surface area contributed by atoms with Gasteiger partial charge in [0, 0.05) is 5.56 Å². The van der Waals surface area contributed by atoms with Crippen molar-refractivity contribution in [2.24, 2.45) is 0 Å². The fourth-order valence-electron chi connectivity index (χ4n) is 1.13. The number of hydrogen-bond acceptors (Lipinski definition) is 2. The van der Waals surface area contributed by atoms with Gasteiger partial charge < -0.3 is 5.11 Å². The van der Waals surface area contributed by atoms with Crippen molar-refractivity contribution in [3.63, 3.8) is 0 Å². The molecule has 0 aliphatic carbocycles. The molecule has 0 spiro atoms. The summed E-state index contributed by atoms with van der Waals surface area (Å²) in [4.78, 5) is 21.5. The number of hydrogen-bond donors (Lipinski definition) is 1. The normalized spacial score (nSPS) is 9.86. The predicted octanol–water partition coefficient (Wildman–Crippen LogP) is 2.06. The third-order valence-electron chi connectivity index (χ3n) is 1.89. The number of rotatable bonds is 3. The molecule has 0 bridgehead atoms. The van der Waals surface area contributed by atoms with Crippen molar-refractivity contribution in [3.8, 4) is 0 Å². The highest BCUT2D eigenvalue weighted by atomic mass is 19.1. The maximum Gasteiger partial charge on any atom is 0.336 e.